The molecule has 3 nitrogen and oxygen atoms in total. The van der Waals surface area contributed by atoms with Crippen LogP contribution in [0.15, 0.2) is 72.3 Å². The minimum Gasteiger partial charge on any atom is -0.406 e. The number of hydrogen-bond donors (Lipinski definition) is 0. The lowest BCUT2D eigenvalue weighted by atomic mass is 9.79. The van der Waals surface area contributed by atoms with E-state index in [0.29, 0.717) is 0 Å². The van der Waals surface area contributed by atoms with Gasteiger partial charge in [-0.25, -0.2) is 0 Å². The zero-order valence-electron chi connectivity index (χ0n) is 19.4. The van der Waals surface area contributed by atoms with Gasteiger partial charge in [0.05, 0.1) is 0 Å². The molecule has 35 heavy (non-hydrogen) atoms. The number of rotatable bonds is 3. The molecule has 0 spiro atoms. The van der Waals surface area contributed by atoms with E-state index in [4.69, 9.17) is 0 Å². The van der Waals surface area contributed by atoms with Crippen LogP contribution in [0.4, 0.5) is 24.5 Å². The van der Waals surface area contributed by atoms with E-state index in [1.165, 1.54) is 58.1 Å². The number of nitrogens with zero attached hydrogens (tertiary/aromatic N) is 2. The molecule has 1 fully saturated rings. The van der Waals surface area contributed by atoms with E-state index in [0.717, 1.165) is 44.7 Å². The first-order chi connectivity index (χ1) is 16.9. The van der Waals surface area contributed by atoms with Crippen molar-refractivity contribution < 1.29 is 17.9 Å². The minimum absolute atomic E-state index is 0.190. The van der Waals surface area contributed by atoms with Crippen molar-refractivity contribution in [2.75, 3.05) is 36.0 Å². The first kappa shape index (κ1) is 22.1. The first-order valence-corrected chi connectivity index (χ1v) is 12.2. The molecule has 0 saturated carbocycles. The van der Waals surface area contributed by atoms with Crippen molar-refractivity contribution in [2.24, 2.45) is 0 Å². The molecule has 1 heterocycles. The van der Waals surface area contributed by atoms with Crippen LogP contribution in [0.1, 0.15) is 30.4 Å². The van der Waals surface area contributed by atoms with Gasteiger partial charge >= 0.3 is 6.36 Å². The van der Waals surface area contributed by atoms with Gasteiger partial charge in [-0.2, -0.15) is 0 Å². The molecular formula is C29H27F3N2O. The maximum absolute atomic E-state index is 12.4. The molecule has 0 bridgehead atoms. The summed E-state index contributed by atoms with van der Waals surface area (Å²) in [4.78, 5) is 4.59. The number of aryl methyl sites for hydroxylation is 1. The van der Waals surface area contributed by atoms with Gasteiger partial charge in [-0.15, -0.1) is 13.2 Å². The molecule has 3 aromatic rings. The van der Waals surface area contributed by atoms with Gasteiger partial charge < -0.3 is 14.5 Å². The molecule has 0 aromatic heterocycles. The highest BCUT2D eigenvalue weighted by Gasteiger charge is 2.31. The Kier molecular flexibility index (Phi) is 5.47. The van der Waals surface area contributed by atoms with Gasteiger partial charge in [-0.1, -0.05) is 35.9 Å². The monoisotopic (exact) mass is 476 g/mol. The van der Waals surface area contributed by atoms with E-state index >= 15 is 0 Å². The van der Waals surface area contributed by atoms with Crippen LogP contribution in [0, 0.1) is 0 Å². The van der Waals surface area contributed by atoms with Crippen LogP contribution in [0.3, 0.4) is 0 Å². The molecule has 0 atom stereocenters. The summed E-state index contributed by atoms with van der Waals surface area (Å²) in [5, 5.41) is 2.64. The molecule has 3 aromatic carbocycles. The molecule has 3 aliphatic rings. The fraction of sp³-hybridized carbons (Fsp3) is 0.310. The summed E-state index contributed by atoms with van der Waals surface area (Å²) in [5.74, 6) is -0.190. The summed E-state index contributed by atoms with van der Waals surface area (Å²) in [6, 6.07) is 17.5. The molecule has 6 rings (SSSR count). The van der Waals surface area contributed by atoms with Crippen LogP contribution in [0.5, 0.6) is 5.75 Å². The van der Waals surface area contributed by atoms with Gasteiger partial charge in [0.25, 0.3) is 0 Å². The lowest BCUT2D eigenvalue weighted by molar-refractivity contribution is -0.274. The Balaban J connectivity index is 1.17. The number of ether oxygens (including phenoxy) is 1. The molecule has 0 N–H and O–H groups in total. The predicted octanol–water partition coefficient (Wildman–Crippen LogP) is 7.11. The highest BCUT2D eigenvalue weighted by Crippen LogP contribution is 2.40. The SMILES string of the molecule is FC(F)(F)Oc1ccc(N2CCN(c3ccc4c5c(ccc4c3)C3=C(CCC=C3)CC5)CC2)cc1. The number of benzene rings is 3. The third-order valence-electron chi connectivity index (χ3n) is 7.44. The second-order valence-electron chi connectivity index (χ2n) is 9.47. The Morgan fingerprint density at radius 2 is 1.46 bits per heavy atom. The largest absolute Gasteiger partial charge is 0.573 e. The van der Waals surface area contributed by atoms with Crippen molar-refractivity contribution in [1.29, 1.82) is 0 Å². The van der Waals surface area contributed by atoms with Crippen molar-refractivity contribution >= 4 is 27.7 Å². The lowest BCUT2D eigenvalue weighted by Crippen LogP contribution is -2.46. The van der Waals surface area contributed by atoms with Crippen molar-refractivity contribution in [1.82, 2.24) is 0 Å². The molecule has 1 aliphatic heterocycles. The number of alkyl halides is 3. The van der Waals surface area contributed by atoms with Crippen LogP contribution >= 0.6 is 0 Å². The second kappa shape index (κ2) is 8.67. The van der Waals surface area contributed by atoms with Crippen LogP contribution in [0.2, 0.25) is 0 Å². The Hall–Kier alpha value is -3.41. The highest BCUT2D eigenvalue weighted by atomic mass is 19.4. The van der Waals surface area contributed by atoms with Crippen molar-refractivity contribution in [3.63, 3.8) is 0 Å². The second-order valence-corrected chi connectivity index (χ2v) is 9.47. The molecule has 1 saturated heterocycles. The molecule has 0 unspecified atom stereocenters. The Morgan fingerprint density at radius 1 is 0.743 bits per heavy atom. The molecule has 0 amide bonds. The van der Waals surface area contributed by atoms with Crippen LogP contribution in [0.25, 0.3) is 16.3 Å². The molecule has 180 valence electrons. The van der Waals surface area contributed by atoms with Gasteiger partial charge in [0.15, 0.2) is 0 Å². The standard InChI is InChI=1S/C29H27F3N2O/c30-29(31,32)35-24-10-7-22(8-11-24)33-15-17-34(18-16-33)23-9-14-26-21(19-23)6-13-27-25-4-2-1-3-20(25)5-12-28(26)27/h2,4,6-11,13-14,19H,1,3,5,12,15-18H2. The molecule has 0 radical (unpaired) electrons. The quantitative estimate of drug-likeness (QED) is 0.401. The summed E-state index contributed by atoms with van der Waals surface area (Å²) in [7, 11) is 0. The molecule has 2 aliphatic carbocycles. The van der Waals surface area contributed by atoms with E-state index in [2.05, 4.69) is 57.0 Å². The maximum Gasteiger partial charge on any atom is 0.573 e. The summed E-state index contributed by atoms with van der Waals surface area (Å²) in [6.07, 6.45) is 4.58. The summed E-state index contributed by atoms with van der Waals surface area (Å²) >= 11 is 0. The van der Waals surface area contributed by atoms with Crippen LogP contribution in [-0.4, -0.2) is 32.5 Å². The van der Waals surface area contributed by atoms with E-state index in [9.17, 15) is 13.2 Å². The normalized spacial score (nSPS) is 18.0. The van der Waals surface area contributed by atoms with Crippen LogP contribution in [-0.2, 0) is 6.42 Å². The topological polar surface area (TPSA) is 15.7 Å². The average molecular weight is 477 g/mol. The van der Waals surface area contributed by atoms with Gasteiger partial charge in [0.2, 0.25) is 0 Å². The first-order valence-electron chi connectivity index (χ1n) is 12.2. The zero-order chi connectivity index (χ0) is 24.0. The fourth-order valence-electron chi connectivity index (χ4n) is 5.71. The molecular weight excluding hydrogens is 449 g/mol. The fourth-order valence-corrected chi connectivity index (χ4v) is 5.71. The third-order valence-corrected chi connectivity index (χ3v) is 7.44. The van der Waals surface area contributed by atoms with E-state index in [1.54, 1.807) is 17.7 Å². The van der Waals surface area contributed by atoms with Crippen LogP contribution < -0.4 is 14.5 Å². The Bertz CT molecular complexity index is 1320. The summed E-state index contributed by atoms with van der Waals surface area (Å²) in [6.45, 7) is 3.34. The summed E-state index contributed by atoms with van der Waals surface area (Å²) in [5.41, 5.74) is 8.06. The number of hydrogen-bond acceptors (Lipinski definition) is 3. The number of halogens is 3. The predicted molar refractivity (Wildman–Crippen MR) is 135 cm³/mol. The smallest absolute Gasteiger partial charge is 0.406 e. The maximum atomic E-state index is 12.4. The van der Waals surface area contributed by atoms with Gasteiger partial charge in [-0.3, -0.25) is 0 Å². The van der Waals surface area contributed by atoms with Gasteiger partial charge in [-0.05, 0) is 89.6 Å². The summed E-state index contributed by atoms with van der Waals surface area (Å²) < 4.78 is 41.2. The zero-order valence-corrected chi connectivity index (χ0v) is 19.4. The van der Waals surface area contributed by atoms with Gasteiger partial charge in [0, 0.05) is 37.6 Å². The van der Waals surface area contributed by atoms with E-state index < -0.39 is 6.36 Å². The number of allylic oxidation sites excluding steroid dienone is 4. The number of anilines is 2. The lowest BCUT2D eigenvalue weighted by Gasteiger charge is -2.37. The van der Waals surface area contributed by atoms with Gasteiger partial charge in [0.1, 0.15) is 5.75 Å². The number of fused-ring (bicyclic) bond motifs is 4. The molecule has 6 heteroatoms. The van der Waals surface area contributed by atoms with Crippen molar-refractivity contribution in [3.8, 4) is 5.75 Å². The van der Waals surface area contributed by atoms with E-state index in [1.807, 2.05) is 0 Å². The Labute approximate surface area is 203 Å². The van der Waals surface area contributed by atoms with Crippen molar-refractivity contribution in [3.05, 3.63) is 83.4 Å². The average Bonchev–Trinajstić information content (AvgIpc) is 2.87. The minimum atomic E-state index is -4.67. The van der Waals surface area contributed by atoms with E-state index in [-0.39, 0.29) is 5.75 Å². The van der Waals surface area contributed by atoms with Crippen molar-refractivity contribution in [2.45, 2.75) is 32.0 Å². The highest BCUT2D eigenvalue weighted by molar-refractivity contribution is 5.95. The number of piperazine rings is 1. The third kappa shape index (κ3) is 4.38. The Morgan fingerprint density at radius 3 is 2.20 bits per heavy atom.